The smallest absolute Gasteiger partial charge is 0.245 e. The molecule has 0 amide bonds. The number of hydrogen-bond donors (Lipinski definition) is 2. The molecular formula is C10H15N7. The molecule has 17 heavy (non-hydrogen) atoms. The molecule has 3 heterocycles. The van der Waals surface area contributed by atoms with Crippen molar-refractivity contribution >= 4 is 5.95 Å². The predicted octanol–water partition coefficient (Wildman–Crippen LogP) is -0.257. The normalized spacial score (nSPS) is 20.1. The van der Waals surface area contributed by atoms with Crippen LogP contribution in [0.1, 0.15) is 6.42 Å². The van der Waals surface area contributed by atoms with Crippen LogP contribution in [0.3, 0.4) is 0 Å². The summed E-state index contributed by atoms with van der Waals surface area (Å²) in [7, 11) is 1.92. The van der Waals surface area contributed by atoms with E-state index in [1.807, 2.05) is 17.8 Å². The number of aromatic amines is 1. The van der Waals surface area contributed by atoms with Crippen molar-refractivity contribution in [1.82, 2.24) is 24.7 Å². The van der Waals surface area contributed by atoms with E-state index >= 15 is 0 Å². The number of H-pyrrole nitrogens is 1. The molecule has 1 fully saturated rings. The minimum atomic E-state index is 0.229. The maximum absolute atomic E-state index is 5.86. The third-order valence-electron chi connectivity index (χ3n) is 2.93. The van der Waals surface area contributed by atoms with Crippen molar-refractivity contribution in [2.24, 2.45) is 12.8 Å². The summed E-state index contributed by atoms with van der Waals surface area (Å²) >= 11 is 0. The van der Waals surface area contributed by atoms with Crippen molar-refractivity contribution in [2.75, 3.05) is 18.0 Å². The standard InChI is InChI=1S/C10H15N7/c1-16-5-8(12-6-16)9-13-10(15-14-9)17-3-2-7(11)4-17/h5-7H,2-4,11H2,1H3,(H,13,14,15). The fraction of sp³-hybridized carbons (Fsp3) is 0.500. The molecule has 0 aliphatic carbocycles. The fourth-order valence-corrected chi connectivity index (χ4v) is 2.01. The van der Waals surface area contributed by atoms with Gasteiger partial charge in [0.2, 0.25) is 5.95 Å². The molecule has 0 radical (unpaired) electrons. The Morgan fingerprint density at radius 1 is 1.53 bits per heavy atom. The molecule has 2 aromatic rings. The maximum atomic E-state index is 5.86. The highest BCUT2D eigenvalue weighted by Crippen LogP contribution is 2.18. The molecule has 0 spiro atoms. The number of anilines is 1. The Morgan fingerprint density at radius 2 is 2.41 bits per heavy atom. The number of nitrogens with one attached hydrogen (secondary N) is 1. The van der Waals surface area contributed by atoms with Gasteiger partial charge in [-0.25, -0.2) is 4.98 Å². The van der Waals surface area contributed by atoms with Gasteiger partial charge in [-0.1, -0.05) is 0 Å². The SMILES string of the molecule is Cn1cnc(-c2nc(N3CCC(N)C3)n[nH]2)c1. The molecule has 7 heteroatoms. The summed E-state index contributed by atoms with van der Waals surface area (Å²) in [6.07, 6.45) is 4.64. The van der Waals surface area contributed by atoms with Crippen molar-refractivity contribution in [2.45, 2.75) is 12.5 Å². The molecule has 1 unspecified atom stereocenters. The van der Waals surface area contributed by atoms with Crippen LogP contribution in [0, 0.1) is 0 Å². The Hall–Kier alpha value is -1.89. The zero-order valence-electron chi connectivity index (χ0n) is 9.67. The lowest BCUT2D eigenvalue weighted by Gasteiger charge is -2.11. The minimum absolute atomic E-state index is 0.229. The Morgan fingerprint density at radius 3 is 3.06 bits per heavy atom. The van der Waals surface area contributed by atoms with Crippen LogP contribution in [0.2, 0.25) is 0 Å². The molecule has 0 bridgehead atoms. The first-order valence-corrected chi connectivity index (χ1v) is 5.63. The van der Waals surface area contributed by atoms with Crippen molar-refractivity contribution in [3.05, 3.63) is 12.5 Å². The summed E-state index contributed by atoms with van der Waals surface area (Å²) in [5.41, 5.74) is 6.66. The van der Waals surface area contributed by atoms with Crippen LogP contribution >= 0.6 is 0 Å². The van der Waals surface area contributed by atoms with Gasteiger partial charge < -0.3 is 15.2 Å². The number of hydrogen-bond acceptors (Lipinski definition) is 5. The third-order valence-corrected chi connectivity index (χ3v) is 2.93. The number of imidazole rings is 1. The van der Waals surface area contributed by atoms with Crippen LogP contribution < -0.4 is 10.6 Å². The summed E-state index contributed by atoms with van der Waals surface area (Å²) in [6.45, 7) is 1.74. The lowest BCUT2D eigenvalue weighted by molar-refractivity contribution is 0.750. The van der Waals surface area contributed by atoms with Gasteiger partial charge in [-0.2, -0.15) is 4.98 Å². The summed E-state index contributed by atoms with van der Waals surface area (Å²) in [6, 6.07) is 0.229. The van der Waals surface area contributed by atoms with Crippen molar-refractivity contribution in [3.63, 3.8) is 0 Å². The van der Waals surface area contributed by atoms with E-state index < -0.39 is 0 Å². The lowest BCUT2D eigenvalue weighted by Crippen LogP contribution is -2.26. The number of aryl methyl sites for hydroxylation is 1. The summed E-state index contributed by atoms with van der Waals surface area (Å²) in [5.74, 6) is 1.40. The van der Waals surface area contributed by atoms with Gasteiger partial charge >= 0.3 is 0 Å². The topological polar surface area (TPSA) is 88.7 Å². The van der Waals surface area contributed by atoms with Gasteiger partial charge in [-0.05, 0) is 6.42 Å². The molecule has 1 saturated heterocycles. The van der Waals surface area contributed by atoms with Crippen LogP contribution in [0.5, 0.6) is 0 Å². The lowest BCUT2D eigenvalue weighted by atomic mass is 10.3. The van der Waals surface area contributed by atoms with E-state index in [0.717, 1.165) is 25.2 Å². The van der Waals surface area contributed by atoms with Gasteiger partial charge in [0.15, 0.2) is 5.82 Å². The number of rotatable bonds is 2. The highest BCUT2D eigenvalue weighted by Gasteiger charge is 2.22. The fourth-order valence-electron chi connectivity index (χ4n) is 2.01. The summed E-state index contributed by atoms with van der Waals surface area (Å²) in [4.78, 5) is 10.8. The zero-order valence-corrected chi connectivity index (χ0v) is 9.67. The number of nitrogens with zero attached hydrogens (tertiary/aromatic N) is 5. The van der Waals surface area contributed by atoms with E-state index in [0.29, 0.717) is 11.8 Å². The Bertz CT molecular complexity index is 514. The van der Waals surface area contributed by atoms with Gasteiger partial charge in [0.25, 0.3) is 0 Å². The first-order valence-electron chi connectivity index (χ1n) is 5.63. The highest BCUT2D eigenvalue weighted by molar-refractivity contribution is 5.50. The predicted molar refractivity (Wildman–Crippen MR) is 63.4 cm³/mol. The van der Waals surface area contributed by atoms with E-state index in [1.165, 1.54) is 0 Å². The van der Waals surface area contributed by atoms with Gasteiger partial charge in [-0.15, -0.1) is 5.10 Å². The molecule has 3 rings (SSSR count). The van der Waals surface area contributed by atoms with Crippen LogP contribution in [0.15, 0.2) is 12.5 Å². The van der Waals surface area contributed by atoms with E-state index in [1.54, 1.807) is 6.33 Å². The van der Waals surface area contributed by atoms with Crippen molar-refractivity contribution in [3.8, 4) is 11.5 Å². The van der Waals surface area contributed by atoms with Crippen LogP contribution in [-0.2, 0) is 7.05 Å². The molecule has 7 nitrogen and oxygen atoms in total. The largest absolute Gasteiger partial charge is 0.340 e. The quantitative estimate of drug-likeness (QED) is 0.746. The zero-order chi connectivity index (χ0) is 11.8. The molecular weight excluding hydrogens is 218 g/mol. The molecule has 3 N–H and O–H groups in total. The Labute approximate surface area is 98.7 Å². The van der Waals surface area contributed by atoms with Gasteiger partial charge in [0.05, 0.1) is 6.33 Å². The van der Waals surface area contributed by atoms with E-state index in [4.69, 9.17) is 5.73 Å². The monoisotopic (exact) mass is 233 g/mol. The second kappa shape index (κ2) is 3.85. The van der Waals surface area contributed by atoms with Gasteiger partial charge in [-0.3, -0.25) is 5.10 Å². The highest BCUT2D eigenvalue weighted by atomic mass is 15.4. The van der Waals surface area contributed by atoms with Gasteiger partial charge in [0.1, 0.15) is 5.69 Å². The summed E-state index contributed by atoms with van der Waals surface area (Å²) < 4.78 is 1.88. The molecule has 1 aliphatic rings. The third kappa shape index (κ3) is 1.89. The number of nitrogens with two attached hydrogens (primary N) is 1. The molecule has 90 valence electrons. The van der Waals surface area contributed by atoms with E-state index in [9.17, 15) is 0 Å². The molecule has 1 aliphatic heterocycles. The molecule has 0 saturated carbocycles. The average molecular weight is 233 g/mol. The van der Waals surface area contributed by atoms with Crippen LogP contribution in [-0.4, -0.2) is 43.9 Å². The molecule has 1 atom stereocenters. The van der Waals surface area contributed by atoms with E-state index in [2.05, 4.69) is 25.1 Å². The Kier molecular flexibility index (Phi) is 2.32. The first kappa shape index (κ1) is 10.3. The Balaban J connectivity index is 1.83. The maximum Gasteiger partial charge on any atom is 0.245 e. The van der Waals surface area contributed by atoms with E-state index in [-0.39, 0.29) is 6.04 Å². The van der Waals surface area contributed by atoms with Crippen molar-refractivity contribution < 1.29 is 0 Å². The second-order valence-corrected chi connectivity index (χ2v) is 4.40. The second-order valence-electron chi connectivity index (χ2n) is 4.40. The number of aromatic nitrogens is 5. The van der Waals surface area contributed by atoms with Crippen LogP contribution in [0.25, 0.3) is 11.5 Å². The minimum Gasteiger partial charge on any atom is -0.340 e. The average Bonchev–Trinajstić information content (AvgIpc) is 2.96. The first-order chi connectivity index (χ1) is 8.22. The molecule has 0 aromatic carbocycles. The molecule has 2 aromatic heterocycles. The summed E-state index contributed by atoms with van der Waals surface area (Å²) in [5, 5.41) is 7.11. The van der Waals surface area contributed by atoms with Crippen LogP contribution in [0.4, 0.5) is 5.95 Å². The van der Waals surface area contributed by atoms with Crippen molar-refractivity contribution in [1.29, 1.82) is 0 Å². The van der Waals surface area contributed by atoms with Gasteiger partial charge in [0, 0.05) is 32.4 Å².